The number of anilines is 2. The van der Waals surface area contributed by atoms with Crippen LogP contribution in [-0.4, -0.2) is 9.78 Å². The highest BCUT2D eigenvalue weighted by Gasteiger charge is 2.02. The molecular formula is C19H15N3. The molecule has 22 heavy (non-hydrogen) atoms. The first-order valence-corrected chi connectivity index (χ1v) is 7.25. The molecule has 4 rings (SSSR count). The van der Waals surface area contributed by atoms with Gasteiger partial charge in [-0.05, 0) is 35.7 Å². The van der Waals surface area contributed by atoms with Gasteiger partial charge in [0, 0.05) is 29.2 Å². The van der Waals surface area contributed by atoms with E-state index in [1.165, 1.54) is 10.8 Å². The Morgan fingerprint density at radius 3 is 2.59 bits per heavy atom. The van der Waals surface area contributed by atoms with Crippen LogP contribution in [0.2, 0.25) is 0 Å². The molecule has 0 aliphatic heterocycles. The number of rotatable bonds is 3. The maximum atomic E-state index is 4.27. The minimum atomic E-state index is 1.04. The molecule has 3 aromatic carbocycles. The van der Waals surface area contributed by atoms with Crippen molar-refractivity contribution in [1.82, 2.24) is 9.78 Å². The van der Waals surface area contributed by atoms with Crippen LogP contribution in [0.3, 0.4) is 0 Å². The lowest BCUT2D eigenvalue weighted by Gasteiger charge is -2.11. The fourth-order valence-corrected chi connectivity index (χ4v) is 2.64. The summed E-state index contributed by atoms with van der Waals surface area (Å²) in [4.78, 5) is 0. The van der Waals surface area contributed by atoms with E-state index in [2.05, 4.69) is 65.0 Å². The molecule has 0 atom stereocenters. The van der Waals surface area contributed by atoms with E-state index in [1.54, 1.807) is 6.20 Å². The molecule has 0 saturated carbocycles. The topological polar surface area (TPSA) is 29.9 Å². The van der Waals surface area contributed by atoms with E-state index in [1.807, 2.05) is 29.1 Å². The molecule has 0 unspecified atom stereocenters. The highest BCUT2D eigenvalue weighted by atomic mass is 15.3. The van der Waals surface area contributed by atoms with Crippen molar-refractivity contribution in [2.24, 2.45) is 0 Å². The van der Waals surface area contributed by atoms with Crippen molar-refractivity contribution in [3.63, 3.8) is 0 Å². The van der Waals surface area contributed by atoms with E-state index < -0.39 is 0 Å². The molecule has 3 nitrogen and oxygen atoms in total. The van der Waals surface area contributed by atoms with Crippen LogP contribution < -0.4 is 5.32 Å². The molecule has 0 amide bonds. The van der Waals surface area contributed by atoms with Crippen molar-refractivity contribution in [2.45, 2.75) is 0 Å². The van der Waals surface area contributed by atoms with Crippen LogP contribution in [0.4, 0.5) is 11.4 Å². The molecule has 0 radical (unpaired) electrons. The number of benzene rings is 3. The van der Waals surface area contributed by atoms with Gasteiger partial charge >= 0.3 is 0 Å². The summed E-state index contributed by atoms with van der Waals surface area (Å²) in [5, 5.41) is 10.2. The summed E-state index contributed by atoms with van der Waals surface area (Å²) >= 11 is 0. The largest absolute Gasteiger partial charge is 0.355 e. The van der Waals surface area contributed by atoms with Gasteiger partial charge in [-0.15, -0.1) is 0 Å². The fraction of sp³-hybridized carbons (Fsp3) is 0. The molecule has 0 aliphatic rings. The fourth-order valence-electron chi connectivity index (χ4n) is 2.64. The zero-order valence-electron chi connectivity index (χ0n) is 12.0. The van der Waals surface area contributed by atoms with Crippen LogP contribution in [0, 0.1) is 0 Å². The van der Waals surface area contributed by atoms with Crippen LogP contribution in [0.25, 0.3) is 16.5 Å². The normalized spacial score (nSPS) is 10.7. The first-order valence-electron chi connectivity index (χ1n) is 7.25. The summed E-state index contributed by atoms with van der Waals surface area (Å²) < 4.78 is 1.86. The van der Waals surface area contributed by atoms with Gasteiger partial charge < -0.3 is 5.32 Å². The summed E-state index contributed by atoms with van der Waals surface area (Å²) in [6, 6.07) is 24.8. The van der Waals surface area contributed by atoms with Crippen molar-refractivity contribution in [2.75, 3.05) is 5.32 Å². The summed E-state index contributed by atoms with van der Waals surface area (Å²) in [5.41, 5.74) is 3.19. The number of nitrogens with zero attached hydrogens (tertiary/aromatic N) is 2. The Kier molecular flexibility index (Phi) is 3.09. The Bertz CT molecular complexity index is 906. The Balaban J connectivity index is 1.73. The van der Waals surface area contributed by atoms with Gasteiger partial charge in [-0.25, -0.2) is 4.68 Å². The standard InChI is InChI=1S/C19H15N3/c1-2-10-18-15(6-1)7-3-11-19(18)21-16-8-4-9-17(14-16)22-13-5-12-20-22/h1-14,21H. The third-order valence-corrected chi connectivity index (χ3v) is 3.68. The molecular weight excluding hydrogens is 270 g/mol. The van der Waals surface area contributed by atoms with E-state index in [-0.39, 0.29) is 0 Å². The summed E-state index contributed by atoms with van der Waals surface area (Å²) in [7, 11) is 0. The summed E-state index contributed by atoms with van der Waals surface area (Å²) in [6.07, 6.45) is 3.72. The van der Waals surface area contributed by atoms with Gasteiger partial charge in [0.2, 0.25) is 0 Å². The second-order valence-electron chi connectivity index (χ2n) is 5.15. The van der Waals surface area contributed by atoms with E-state index in [9.17, 15) is 0 Å². The zero-order valence-corrected chi connectivity index (χ0v) is 12.0. The number of nitrogens with one attached hydrogen (secondary N) is 1. The highest BCUT2D eigenvalue weighted by molar-refractivity contribution is 5.95. The average Bonchev–Trinajstić information content (AvgIpc) is 3.10. The Morgan fingerprint density at radius 2 is 1.68 bits per heavy atom. The molecule has 3 heteroatoms. The maximum Gasteiger partial charge on any atom is 0.0666 e. The summed E-state index contributed by atoms with van der Waals surface area (Å²) in [5.74, 6) is 0. The molecule has 0 bridgehead atoms. The predicted molar refractivity (Wildman–Crippen MR) is 90.8 cm³/mol. The van der Waals surface area contributed by atoms with E-state index in [4.69, 9.17) is 0 Å². The third-order valence-electron chi connectivity index (χ3n) is 3.68. The minimum Gasteiger partial charge on any atom is -0.355 e. The third kappa shape index (κ3) is 2.33. The highest BCUT2D eigenvalue weighted by Crippen LogP contribution is 2.27. The second kappa shape index (κ2) is 5.37. The van der Waals surface area contributed by atoms with Crippen LogP contribution in [0.5, 0.6) is 0 Å². The minimum absolute atomic E-state index is 1.04. The van der Waals surface area contributed by atoms with Gasteiger partial charge in [-0.3, -0.25) is 0 Å². The lowest BCUT2D eigenvalue weighted by atomic mass is 10.1. The van der Waals surface area contributed by atoms with Crippen molar-refractivity contribution in [1.29, 1.82) is 0 Å². The lowest BCUT2D eigenvalue weighted by Crippen LogP contribution is -1.96. The van der Waals surface area contributed by atoms with Crippen molar-refractivity contribution >= 4 is 22.1 Å². The van der Waals surface area contributed by atoms with E-state index >= 15 is 0 Å². The number of hydrogen-bond donors (Lipinski definition) is 1. The molecule has 1 heterocycles. The van der Waals surface area contributed by atoms with Crippen molar-refractivity contribution < 1.29 is 0 Å². The summed E-state index contributed by atoms with van der Waals surface area (Å²) in [6.45, 7) is 0. The molecule has 0 fully saturated rings. The van der Waals surface area contributed by atoms with Gasteiger partial charge in [0.05, 0.1) is 5.69 Å². The Labute approximate surface area is 128 Å². The van der Waals surface area contributed by atoms with Crippen LogP contribution in [0.15, 0.2) is 85.2 Å². The molecule has 0 saturated heterocycles. The van der Waals surface area contributed by atoms with Crippen LogP contribution in [-0.2, 0) is 0 Å². The quantitative estimate of drug-likeness (QED) is 0.587. The van der Waals surface area contributed by atoms with Gasteiger partial charge in [-0.1, -0.05) is 42.5 Å². The maximum absolute atomic E-state index is 4.27. The number of aromatic nitrogens is 2. The van der Waals surface area contributed by atoms with Gasteiger partial charge in [0.15, 0.2) is 0 Å². The number of fused-ring (bicyclic) bond motifs is 1. The van der Waals surface area contributed by atoms with Gasteiger partial charge in [0.25, 0.3) is 0 Å². The molecule has 1 N–H and O–H groups in total. The Hall–Kier alpha value is -3.07. The first-order chi connectivity index (χ1) is 10.9. The molecule has 0 spiro atoms. The average molecular weight is 285 g/mol. The smallest absolute Gasteiger partial charge is 0.0666 e. The van der Waals surface area contributed by atoms with Gasteiger partial charge in [-0.2, -0.15) is 5.10 Å². The van der Waals surface area contributed by atoms with Crippen LogP contribution >= 0.6 is 0 Å². The molecule has 1 aromatic heterocycles. The zero-order chi connectivity index (χ0) is 14.8. The number of hydrogen-bond acceptors (Lipinski definition) is 2. The lowest BCUT2D eigenvalue weighted by molar-refractivity contribution is 0.881. The molecule has 4 aromatic rings. The van der Waals surface area contributed by atoms with Crippen LogP contribution in [0.1, 0.15) is 0 Å². The van der Waals surface area contributed by atoms with E-state index in [0.717, 1.165) is 17.1 Å². The predicted octanol–water partition coefficient (Wildman–Crippen LogP) is 4.77. The first kappa shape index (κ1) is 12.7. The van der Waals surface area contributed by atoms with Crippen molar-refractivity contribution in [3.05, 3.63) is 85.2 Å². The Morgan fingerprint density at radius 1 is 0.818 bits per heavy atom. The monoisotopic (exact) mass is 285 g/mol. The second-order valence-corrected chi connectivity index (χ2v) is 5.15. The molecule has 0 aliphatic carbocycles. The van der Waals surface area contributed by atoms with Gasteiger partial charge in [0.1, 0.15) is 0 Å². The van der Waals surface area contributed by atoms with E-state index in [0.29, 0.717) is 0 Å². The molecule has 106 valence electrons. The van der Waals surface area contributed by atoms with Crippen molar-refractivity contribution in [3.8, 4) is 5.69 Å². The SMILES string of the molecule is c1cc(Nc2cccc3ccccc23)cc(-n2cccn2)c1.